The number of furan rings is 1. The van der Waals surface area contributed by atoms with Crippen molar-refractivity contribution in [3.05, 3.63) is 23.7 Å². The molecule has 2 heterocycles. The molecule has 0 spiro atoms. The number of sulfone groups is 1. The average molecular weight is 315 g/mol. The van der Waals surface area contributed by atoms with E-state index in [9.17, 15) is 18.0 Å². The van der Waals surface area contributed by atoms with Gasteiger partial charge in [0.05, 0.1) is 11.5 Å². The molecule has 1 aliphatic heterocycles. The molecule has 2 rings (SSSR count). The van der Waals surface area contributed by atoms with Gasteiger partial charge in [-0.1, -0.05) is 6.92 Å². The predicted octanol–water partition coefficient (Wildman–Crippen LogP) is 0.556. The molecule has 1 N–H and O–H groups in total. The largest absolute Gasteiger partial charge is 0.480 e. The summed E-state index contributed by atoms with van der Waals surface area (Å²) in [6.45, 7) is 1.33. The van der Waals surface area contributed by atoms with Gasteiger partial charge in [0.2, 0.25) is 0 Å². The Morgan fingerprint density at radius 3 is 2.62 bits per heavy atom. The fourth-order valence-electron chi connectivity index (χ4n) is 2.36. The van der Waals surface area contributed by atoms with Crippen molar-refractivity contribution >= 4 is 21.7 Å². The van der Waals surface area contributed by atoms with E-state index < -0.39 is 34.3 Å². The normalized spacial score (nSPS) is 20.3. The lowest BCUT2D eigenvalue weighted by Crippen LogP contribution is -2.44. The summed E-state index contributed by atoms with van der Waals surface area (Å²) in [6, 6.07) is 2.52. The van der Waals surface area contributed by atoms with Crippen LogP contribution in [0.1, 0.15) is 29.7 Å². The van der Waals surface area contributed by atoms with Crippen molar-refractivity contribution in [1.29, 1.82) is 0 Å². The van der Waals surface area contributed by atoms with Crippen molar-refractivity contribution in [3.63, 3.8) is 0 Å². The molecule has 7 nitrogen and oxygen atoms in total. The number of hydrogen-bond acceptors (Lipinski definition) is 5. The number of carbonyl (C=O) groups excluding carboxylic acids is 1. The first-order valence-corrected chi connectivity index (χ1v) is 8.46. The lowest BCUT2D eigenvalue weighted by molar-refractivity contribution is -0.138. The van der Waals surface area contributed by atoms with Gasteiger partial charge in [0.15, 0.2) is 15.6 Å². The molecular weight excluding hydrogens is 298 g/mol. The van der Waals surface area contributed by atoms with Gasteiger partial charge in [0.25, 0.3) is 5.91 Å². The number of aliphatic carboxylic acids is 1. The van der Waals surface area contributed by atoms with E-state index in [2.05, 4.69) is 0 Å². The SMILES string of the molecule is CCc1ccc(C(=O)N(CC(=O)O)C2CCS(=O)(=O)C2)o1. The zero-order valence-electron chi connectivity index (χ0n) is 11.6. The van der Waals surface area contributed by atoms with Crippen LogP contribution in [-0.2, 0) is 21.1 Å². The number of carbonyl (C=O) groups is 2. The van der Waals surface area contributed by atoms with Crippen molar-refractivity contribution in [2.24, 2.45) is 0 Å². The van der Waals surface area contributed by atoms with Crippen LogP contribution in [0.4, 0.5) is 0 Å². The molecular formula is C13H17NO6S. The Morgan fingerprint density at radius 1 is 1.43 bits per heavy atom. The third-order valence-corrected chi connectivity index (χ3v) is 5.19. The Bertz CT molecular complexity index is 647. The maximum Gasteiger partial charge on any atom is 0.323 e. The maximum absolute atomic E-state index is 12.4. The van der Waals surface area contributed by atoms with Crippen molar-refractivity contribution in [2.75, 3.05) is 18.1 Å². The minimum Gasteiger partial charge on any atom is -0.480 e. The van der Waals surface area contributed by atoms with Crippen molar-refractivity contribution in [3.8, 4) is 0 Å². The minimum absolute atomic E-state index is 0.0283. The third kappa shape index (κ3) is 3.63. The summed E-state index contributed by atoms with van der Waals surface area (Å²) < 4.78 is 28.4. The van der Waals surface area contributed by atoms with E-state index in [0.29, 0.717) is 12.2 Å². The van der Waals surface area contributed by atoms with Crippen molar-refractivity contribution in [2.45, 2.75) is 25.8 Å². The number of nitrogens with zero attached hydrogens (tertiary/aromatic N) is 1. The van der Waals surface area contributed by atoms with Gasteiger partial charge in [0.1, 0.15) is 12.3 Å². The first kappa shape index (κ1) is 15.6. The Balaban J connectivity index is 2.23. The van der Waals surface area contributed by atoms with Crippen molar-refractivity contribution in [1.82, 2.24) is 4.90 Å². The van der Waals surface area contributed by atoms with Crippen LogP contribution >= 0.6 is 0 Å². The fourth-order valence-corrected chi connectivity index (χ4v) is 4.09. The van der Waals surface area contributed by atoms with Crippen LogP contribution in [0.25, 0.3) is 0 Å². The van der Waals surface area contributed by atoms with Gasteiger partial charge in [-0.25, -0.2) is 8.42 Å². The number of aryl methyl sites for hydroxylation is 1. The lowest BCUT2D eigenvalue weighted by Gasteiger charge is -2.25. The fraction of sp³-hybridized carbons (Fsp3) is 0.538. The molecule has 0 radical (unpaired) electrons. The summed E-state index contributed by atoms with van der Waals surface area (Å²) in [7, 11) is -3.21. The summed E-state index contributed by atoms with van der Waals surface area (Å²) in [6.07, 6.45) is 0.868. The number of carboxylic acids is 1. The van der Waals surface area contributed by atoms with E-state index >= 15 is 0 Å². The highest BCUT2D eigenvalue weighted by molar-refractivity contribution is 7.91. The smallest absolute Gasteiger partial charge is 0.323 e. The molecule has 0 bridgehead atoms. The zero-order chi connectivity index (χ0) is 15.6. The third-order valence-electron chi connectivity index (χ3n) is 3.44. The molecule has 1 aliphatic rings. The van der Waals surface area contributed by atoms with Gasteiger partial charge < -0.3 is 14.4 Å². The quantitative estimate of drug-likeness (QED) is 0.851. The van der Waals surface area contributed by atoms with E-state index in [0.717, 1.165) is 4.90 Å². The van der Waals surface area contributed by atoms with Gasteiger partial charge in [-0.05, 0) is 18.6 Å². The second-order valence-electron chi connectivity index (χ2n) is 5.00. The number of carboxylic acid groups (broad SMARTS) is 1. The highest BCUT2D eigenvalue weighted by atomic mass is 32.2. The topological polar surface area (TPSA) is 105 Å². The average Bonchev–Trinajstić information content (AvgIpc) is 3.01. The molecule has 1 aromatic heterocycles. The van der Waals surface area contributed by atoms with Crippen LogP contribution in [0.5, 0.6) is 0 Å². The highest BCUT2D eigenvalue weighted by Gasteiger charge is 2.36. The van der Waals surface area contributed by atoms with Gasteiger partial charge >= 0.3 is 5.97 Å². The molecule has 1 unspecified atom stereocenters. The molecule has 1 fully saturated rings. The van der Waals surface area contributed by atoms with Gasteiger partial charge in [-0.15, -0.1) is 0 Å². The Labute approximate surface area is 122 Å². The van der Waals surface area contributed by atoms with Crippen molar-refractivity contribution < 1.29 is 27.5 Å². The first-order chi connectivity index (χ1) is 9.82. The van der Waals surface area contributed by atoms with Crippen LogP contribution in [0.3, 0.4) is 0 Å². The van der Waals surface area contributed by atoms with Gasteiger partial charge in [0, 0.05) is 12.5 Å². The molecule has 116 valence electrons. The summed E-state index contributed by atoms with van der Waals surface area (Å²) in [5, 5.41) is 8.95. The molecule has 1 amide bonds. The van der Waals surface area contributed by atoms with E-state index in [-0.39, 0.29) is 23.7 Å². The minimum atomic E-state index is -3.21. The van der Waals surface area contributed by atoms with Gasteiger partial charge in [-0.2, -0.15) is 0 Å². The molecule has 1 aromatic rings. The predicted molar refractivity (Wildman–Crippen MR) is 73.8 cm³/mol. The molecule has 0 aliphatic carbocycles. The standard InChI is InChI=1S/C13H17NO6S/c1-2-10-3-4-11(20-10)13(17)14(7-12(15)16)9-5-6-21(18,19)8-9/h3-4,9H,2,5-8H2,1H3,(H,15,16). The molecule has 0 saturated carbocycles. The van der Waals surface area contributed by atoms with Crippen LogP contribution in [0.2, 0.25) is 0 Å². The number of rotatable bonds is 5. The maximum atomic E-state index is 12.4. The van der Waals surface area contributed by atoms with Crippen LogP contribution < -0.4 is 0 Å². The van der Waals surface area contributed by atoms with E-state index in [1.165, 1.54) is 6.07 Å². The Hall–Kier alpha value is -1.83. The summed E-state index contributed by atoms with van der Waals surface area (Å²) in [5.74, 6) is -1.34. The van der Waals surface area contributed by atoms with E-state index in [4.69, 9.17) is 9.52 Å². The zero-order valence-corrected chi connectivity index (χ0v) is 12.4. The first-order valence-electron chi connectivity index (χ1n) is 6.64. The molecule has 0 aromatic carbocycles. The van der Waals surface area contributed by atoms with Crippen LogP contribution in [0.15, 0.2) is 16.5 Å². The lowest BCUT2D eigenvalue weighted by atomic mass is 10.2. The van der Waals surface area contributed by atoms with Crippen LogP contribution in [-0.4, -0.2) is 54.4 Å². The van der Waals surface area contributed by atoms with Gasteiger partial charge in [-0.3, -0.25) is 9.59 Å². The molecule has 1 saturated heterocycles. The number of amides is 1. The summed E-state index contributed by atoms with van der Waals surface area (Å²) >= 11 is 0. The highest BCUT2D eigenvalue weighted by Crippen LogP contribution is 2.21. The molecule has 8 heteroatoms. The summed E-state index contributed by atoms with van der Waals surface area (Å²) in [5.41, 5.74) is 0. The second kappa shape index (κ2) is 5.88. The molecule has 21 heavy (non-hydrogen) atoms. The summed E-state index contributed by atoms with van der Waals surface area (Å²) in [4.78, 5) is 24.4. The monoisotopic (exact) mass is 315 g/mol. The second-order valence-corrected chi connectivity index (χ2v) is 7.23. The van der Waals surface area contributed by atoms with E-state index in [1.807, 2.05) is 6.92 Å². The van der Waals surface area contributed by atoms with Crippen LogP contribution in [0, 0.1) is 0 Å². The molecule has 1 atom stereocenters. The number of hydrogen-bond donors (Lipinski definition) is 1. The van der Waals surface area contributed by atoms with E-state index in [1.54, 1.807) is 6.07 Å². The Kier molecular flexibility index (Phi) is 4.36. The Morgan fingerprint density at radius 2 is 2.14 bits per heavy atom.